The lowest BCUT2D eigenvalue weighted by molar-refractivity contribution is -0.385. The van der Waals surface area contributed by atoms with Crippen LogP contribution in [0.25, 0.3) is 0 Å². The van der Waals surface area contributed by atoms with Crippen LogP contribution in [0.4, 0.5) is 5.69 Å². The molecule has 26 heavy (non-hydrogen) atoms. The van der Waals surface area contributed by atoms with Crippen LogP contribution >= 0.6 is 11.6 Å². The minimum Gasteiger partial charge on any atom is -0.485 e. The molecule has 0 amide bonds. The van der Waals surface area contributed by atoms with E-state index in [2.05, 4.69) is 5.32 Å². The predicted molar refractivity (Wildman–Crippen MR) is 97.4 cm³/mol. The number of fused-ring (bicyclic) bond motifs is 1. The maximum Gasteiger partial charge on any atom is 0.270 e. The van der Waals surface area contributed by atoms with E-state index in [-0.39, 0.29) is 5.69 Å². The predicted octanol–water partition coefficient (Wildman–Crippen LogP) is 1.89. The minimum atomic E-state index is -3.67. The van der Waals surface area contributed by atoms with Gasteiger partial charge in [0.1, 0.15) is 17.5 Å². The number of hydrogen-bond donors (Lipinski definition) is 3. The van der Waals surface area contributed by atoms with Gasteiger partial charge in [-0.25, -0.2) is 0 Å². The molecule has 2 unspecified atom stereocenters. The van der Waals surface area contributed by atoms with Gasteiger partial charge in [-0.05, 0) is 32.9 Å². The first kappa shape index (κ1) is 22.6. The lowest BCUT2D eigenvalue weighted by Gasteiger charge is -2.42. The lowest BCUT2D eigenvalue weighted by Crippen LogP contribution is -2.52. The number of alkyl halides is 1. The molecule has 0 saturated carbocycles. The van der Waals surface area contributed by atoms with Crippen molar-refractivity contribution in [2.24, 2.45) is 0 Å². The van der Waals surface area contributed by atoms with Crippen LogP contribution < -0.4 is 10.1 Å². The van der Waals surface area contributed by atoms with Gasteiger partial charge in [-0.3, -0.25) is 14.7 Å². The molecule has 0 aliphatic carbocycles. The first-order valence-corrected chi connectivity index (χ1v) is 10.1. The quantitative estimate of drug-likeness (QED) is 0.220. The molecule has 3 N–H and O–H groups in total. The van der Waals surface area contributed by atoms with Gasteiger partial charge < -0.3 is 15.2 Å². The molecule has 1 aromatic carbocycles. The number of nitrogens with zero attached hydrogens (tertiary/aromatic N) is 1. The van der Waals surface area contributed by atoms with Crippen molar-refractivity contribution in [2.45, 2.75) is 38.0 Å². The van der Waals surface area contributed by atoms with Gasteiger partial charge in [-0.2, -0.15) is 8.42 Å². The molecular formula is C15H23ClN2O7S. The van der Waals surface area contributed by atoms with E-state index in [1.807, 2.05) is 0 Å². The number of nitrogens with one attached hydrogen (secondary N) is 1. The van der Waals surface area contributed by atoms with E-state index in [0.717, 1.165) is 6.42 Å². The summed E-state index contributed by atoms with van der Waals surface area (Å²) in [6.45, 7) is 4.19. The molecular weight excluding hydrogens is 388 g/mol. The van der Waals surface area contributed by atoms with Crippen LogP contribution in [0.3, 0.4) is 0 Å². The molecule has 1 aliphatic heterocycles. The molecule has 1 aromatic rings. The largest absolute Gasteiger partial charge is 0.485 e. The van der Waals surface area contributed by atoms with Gasteiger partial charge >= 0.3 is 0 Å². The summed E-state index contributed by atoms with van der Waals surface area (Å²) in [7, 11) is -3.67. The van der Waals surface area contributed by atoms with Crippen LogP contribution in [0.2, 0.25) is 0 Å². The number of halogens is 1. The second-order valence-corrected chi connectivity index (χ2v) is 8.18. The second kappa shape index (κ2) is 8.96. The summed E-state index contributed by atoms with van der Waals surface area (Å²) in [6.07, 6.45) is 0.644. The molecule has 148 valence electrons. The molecule has 0 radical (unpaired) electrons. The van der Waals surface area contributed by atoms with Crippen LogP contribution in [0.1, 0.15) is 31.9 Å². The number of rotatable bonds is 5. The van der Waals surface area contributed by atoms with Crippen molar-refractivity contribution in [2.75, 3.05) is 18.7 Å². The summed E-state index contributed by atoms with van der Waals surface area (Å²) in [6, 6.07) is 4.01. The van der Waals surface area contributed by atoms with Crippen LogP contribution in [0.15, 0.2) is 18.2 Å². The van der Waals surface area contributed by atoms with Crippen LogP contribution in [0.5, 0.6) is 5.75 Å². The van der Waals surface area contributed by atoms with Crippen molar-refractivity contribution in [1.82, 2.24) is 5.32 Å². The van der Waals surface area contributed by atoms with Crippen molar-refractivity contribution < 1.29 is 27.7 Å². The standard InChI is InChI=1S/C14H19ClN2O4.CH4O3S/c1-14(2)13(18)12(16-7-3-6-15)10-8-9(17(19)20)4-5-11(10)21-14;1-5(2,3)4/h4-5,8,12-13,16,18H,3,6-7H2,1-2H3;1H3,(H,2,3,4). The Kier molecular flexibility index (Phi) is 7.78. The molecule has 2 rings (SSSR count). The van der Waals surface area contributed by atoms with E-state index < -0.39 is 32.8 Å². The third-order valence-electron chi connectivity index (χ3n) is 3.61. The van der Waals surface area contributed by atoms with Gasteiger partial charge in [0.05, 0.1) is 17.2 Å². The molecule has 0 fully saturated rings. The summed E-state index contributed by atoms with van der Waals surface area (Å²) >= 11 is 5.66. The van der Waals surface area contributed by atoms with Crippen LogP contribution in [0, 0.1) is 10.1 Å². The number of aliphatic hydroxyl groups excluding tert-OH is 1. The van der Waals surface area contributed by atoms with E-state index in [0.29, 0.717) is 30.0 Å². The van der Waals surface area contributed by atoms with Gasteiger partial charge in [-0.1, -0.05) is 0 Å². The molecule has 9 nitrogen and oxygen atoms in total. The van der Waals surface area contributed by atoms with E-state index in [1.165, 1.54) is 12.1 Å². The van der Waals surface area contributed by atoms with E-state index in [1.54, 1.807) is 19.9 Å². The zero-order chi connectivity index (χ0) is 20.1. The Morgan fingerprint density at radius 1 is 1.42 bits per heavy atom. The minimum absolute atomic E-state index is 0.0200. The van der Waals surface area contributed by atoms with Gasteiger partial charge in [-0.15, -0.1) is 11.6 Å². The number of hydrogen-bond acceptors (Lipinski definition) is 7. The highest BCUT2D eigenvalue weighted by Gasteiger charge is 2.43. The van der Waals surface area contributed by atoms with Crippen molar-refractivity contribution in [1.29, 1.82) is 0 Å². The average Bonchev–Trinajstić information content (AvgIpc) is 2.48. The first-order chi connectivity index (χ1) is 11.9. The van der Waals surface area contributed by atoms with Crippen molar-refractivity contribution >= 4 is 27.4 Å². The fraction of sp³-hybridized carbons (Fsp3) is 0.600. The van der Waals surface area contributed by atoms with Gasteiger partial charge in [0, 0.05) is 23.6 Å². The van der Waals surface area contributed by atoms with Crippen molar-refractivity contribution in [3.63, 3.8) is 0 Å². The monoisotopic (exact) mass is 410 g/mol. The first-order valence-electron chi connectivity index (χ1n) is 7.74. The van der Waals surface area contributed by atoms with Crippen molar-refractivity contribution in [3.8, 4) is 5.75 Å². The van der Waals surface area contributed by atoms with Crippen LogP contribution in [-0.2, 0) is 10.1 Å². The van der Waals surface area contributed by atoms with E-state index >= 15 is 0 Å². The second-order valence-electron chi connectivity index (χ2n) is 6.34. The maximum atomic E-state index is 10.9. The average molecular weight is 411 g/mol. The zero-order valence-corrected chi connectivity index (χ0v) is 16.2. The summed E-state index contributed by atoms with van der Waals surface area (Å²) in [4.78, 5) is 10.5. The Bertz CT molecular complexity index is 732. The number of aliphatic hydroxyl groups is 1. The molecule has 0 saturated heterocycles. The molecule has 2 atom stereocenters. The summed E-state index contributed by atoms with van der Waals surface area (Å²) < 4.78 is 31.6. The smallest absolute Gasteiger partial charge is 0.270 e. The number of nitro groups is 1. The summed E-state index contributed by atoms with van der Waals surface area (Å²) in [5.41, 5.74) is -0.194. The maximum absolute atomic E-state index is 10.9. The molecule has 0 bridgehead atoms. The Hall–Kier alpha value is -1.46. The van der Waals surface area contributed by atoms with Gasteiger partial charge in [0.15, 0.2) is 0 Å². The fourth-order valence-corrected chi connectivity index (χ4v) is 2.58. The number of non-ortho nitro benzene ring substituents is 1. The normalized spacial score (nSPS) is 21.0. The van der Waals surface area contributed by atoms with Crippen molar-refractivity contribution in [3.05, 3.63) is 33.9 Å². The Morgan fingerprint density at radius 3 is 2.50 bits per heavy atom. The van der Waals surface area contributed by atoms with E-state index in [9.17, 15) is 23.6 Å². The highest BCUT2D eigenvalue weighted by molar-refractivity contribution is 7.85. The third kappa shape index (κ3) is 6.69. The third-order valence-corrected chi connectivity index (χ3v) is 3.88. The Balaban J connectivity index is 0.000000597. The molecule has 1 aliphatic rings. The highest BCUT2D eigenvalue weighted by Crippen LogP contribution is 2.41. The molecule has 11 heteroatoms. The van der Waals surface area contributed by atoms with Crippen LogP contribution in [-0.4, -0.2) is 53.4 Å². The molecule has 0 aromatic heterocycles. The lowest BCUT2D eigenvalue weighted by atomic mass is 9.86. The zero-order valence-electron chi connectivity index (χ0n) is 14.7. The fourth-order valence-electron chi connectivity index (χ4n) is 2.45. The summed E-state index contributed by atoms with van der Waals surface area (Å²) in [5.74, 6) is 1.07. The van der Waals surface area contributed by atoms with Gasteiger partial charge in [0.25, 0.3) is 15.8 Å². The van der Waals surface area contributed by atoms with Gasteiger partial charge in [0.2, 0.25) is 0 Å². The summed E-state index contributed by atoms with van der Waals surface area (Å²) in [5, 5.41) is 24.6. The number of ether oxygens (including phenoxy) is 1. The number of nitro benzene ring substituents is 1. The topological polar surface area (TPSA) is 139 Å². The number of benzene rings is 1. The Labute approximate surface area is 157 Å². The molecule has 1 heterocycles. The van der Waals surface area contributed by atoms with E-state index in [4.69, 9.17) is 20.9 Å². The molecule has 0 spiro atoms. The highest BCUT2D eigenvalue weighted by atomic mass is 35.5. The SMILES string of the molecule is CC1(C)Oc2ccc([N+](=O)[O-])cc2C(NCCCCl)C1O.CS(=O)(=O)O. The Morgan fingerprint density at radius 2 is 2.00 bits per heavy atom.